The van der Waals surface area contributed by atoms with E-state index in [0.717, 1.165) is 6.07 Å². The number of carbonyl (C=O) groups is 2. The summed E-state index contributed by atoms with van der Waals surface area (Å²) in [6, 6.07) is 4.93. The normalized spacial score (nSPS) is 13.1. The molecule has 1 aromatic heterocycles. The van der Waals surface area contributed by atoms with E-state index in [-0.39, 0.29) is 33.9 Å². The Morgan fingerprint density at radius 3 is 1.70 bits per heavy atom. The van der Waals surface area contributed by atoms with Crippen LogP contribution in [0.2, 0.25) is 11.1 Å². The highest BCUT2D eigenvalue weighted by Gasteiger charge is 2.60. The zero-order chi connectivity index (χ0) is 30.8. The fourth-order valence-corrected chi connectivity index (χ4v) is 10.8. The minimum Gasteiger partial charge on any atom is -0.439 e. The van der Waals surface area contributed by atoms with Gasteiger partial charge in [-0.25, -0.2) is 14.8 Å². The van der Waals surface area contributed by atoms with E-state index in [0.29, 0.717) is 5.45 Å². The highest BCUT2D eigenvalue weighted by molar-refractivity contribution is 7.03. The first-order chi connectivity index (χ1) is 18.3. The standard InChI is InChI=1S/C27H35F6N3O3Si/c1-15(2)36(16(3)4)22(37)19-10-11-21(40(17(5)6,18(7)8)25-34-12-9-13-35-25)20(14-19)23(38)39-24(26(28,29)30)27(31,32)33/h9-18,24H,1-8H3. The molecular weight excluding hydrogens is 556 g/mol. The number of hydrogen-bond donors (Lipinski definition) is 0. The lowest BCUT2D eigenvalue weighted by Gasteiger charge is -2.39. The molecule has 0 fully saturated rings. The van der Waals surface area contributed by atoms with Crippen molar-refractivity contribution in [2.24, 2.45) is 0 Å². The molecule has 222 valence electrons. The van der Waals surface area contributed by atoms with E-state index in [9.17, 15) is 35.9 Å². The van der Waals surface area contributed by atoms with Crippen molar-refractivity contribution in [3.05, 3.63) is 47.8 Å². The van der Waals surface area contributed by atoms with Crippen molar-refractivity contribution < 1.29 is 40.7 Å². The molecule has 2 aromatic rings. The lowest BCUT2D eigenvalue weighted by atomic mass is 10.1. The molecule has 13 heteroatoms. The van der Waals surface area contributed by atoms with Crippen LogP contribution in [0, 0.1) is 0 Å². The van der Waals surface area contributed by atoms with Gasteiger partial charge in [0.15, 0.2) is 8.07 Å². The van der Waals surface area contributed by atoms with Gasteiger partial charge in [0, 0.05) is 30.0 Å². The van der Waals surface area contributed by atoms with Gasteiger partial charge in [-0.3, -0.25) is 4.79 Å². The molecule has 0 atom stereocenters. The van der Waals surface area contributed by atoms with Crippen LogP contribution in [0.1, 0.15) is 76.1 Å². The predicted octanol–water partition coefficient (Wildman–Crippen LogP) is 5.77. The van der Waals surface area contributed by atoms with Crippen LogP contribution in [-0.2, 0) is 4.74 Å². The average Bonchev–Trinajstić information content (AvgIpc) is 2.81. The first-order valence-electron chi connectivity index (χ1n) is 12.9. The van der Waals surface area contributed by atoms with Gasteiger partial charge in [-0.1, -0.05) is 33.8 Å². The van der Waals surface area contributed by atoms with Gasteiger partial charge in [0.1, 0.15) is 5.45 Å². The number of nitrogens with zero attached hydrogens (tertiary/aromatic N) is 3. The Kier molecular flexibility index (Phi) is 10.2. The van der Waals surface area contributed by atoms with Crippen molar-refractivity contribution in [2.45, 2.75) is 97.0 Å². The van der Waals surface area contributed by atoms with E-state index in [2.05, 4.69) is 14.7 Å². The van der Waals surface area contributed by atoms with Crippen LogP contribution in [0.3, 0.4) is 0 Å². The molecule has 40 heavy (non-hydrogen) atoms. The second kappa shape index (κ2) is 12.3. The van der Waals surface area contributed by atoms with E-state index in [1.165, 1.54) is 29.4 Å². The summed E-state index contributed by atoms with van der Waals surface area (Å²) in [5, 5.41) is 0.189. The van der Waals surface area contributed by atoms with Gasteiger partial charge in [-0.05, 0) is 62.2 Å². The van der Waals surface area contributed by atoms with Gasteiger partial charge >= 0.3 is 18.3 Å². The van der Waals surface area contributed by atoms with Gasteiger partial charge in [0.05, 0.1) is 5.56 Å². The van der Waals surface area contributed by atoms with E-state index in [4.69, 9.17) is 0 Å². The summed E-state index contributed by atoms with van der Waals surface area (Å²) in [5.41, 5.74) is -0.780. The van der Waals surface area contributed by atoms with Crippen molar-refractivity contribution in [3.63, 3.8) is 0 Å². The molecule has 0 saturated carbocycles. The first kappa shape index (κ1) is 33.2. The Morgan fingerprint density at radius 2 is 1.30 bits per heavy atom. The number of ether oxygens (including phenoxy) is 1. The minimum atomic E-state index is -5.90. The van der Waals surface area contributed by atoms with Crippen LogP contribution in [0.5, 0.6) is 0 Å². The Hall–Kier alpha value is -2.96. The van der Waals surface area contributed by atoms with Crippen LogP contribution < -0.4 is 10.6 Å². The van der Waals surface area contributed by atoms with Gasteiger partial charge in [0.2, 0.25) is 0 Å². The van der Waals surface area contributed by atoms with Crippen molar-refractivity contribution >= 4 is 30.6 Å². The molecule has 0 aliphatic heterocycles. The number of esters is 1. The van der Waals surface area contributed by atoms with E-state index < -0.39 is 44.0 Å². The average molecular weight is 592 g/mol. The fraction of sp³-hybridized carbons (Fsp3) is 0.556. The largest absolute Gasteiger partial charge is 0.439 e. The highest BCUT2D eigenvalue weighted by atomic mass is 28.3. The Bertz CT molecular complexity index is 1150. The summed E-state index contributed by atoms with van der Waals surface area (Å²) in [6.45, 7) is 14.4. The number of halogens is 6. The topological polar surface area (TPSA) is 72.4 Å². The molecule has 0 saturated heterocycles. The summed E-state index contributed by atoms with van der Waals surface area (Å²) in [4.78, 5) is 37.1. The van der Waals surface area contributed by atoms with Crippen LogP contribution in [0.4, 0.5) is 26.3 Å². The van der Waals surface area contributed by atoms with E-state index in [1.54, 1.807) is 33.8 Å². The summed E-state index contributed by atoms with van der Waals surface area (Å²) in [5.74, 6) is -2.37. The van der Waals surface area contributed by atoms with Gasteiger partial charge in [-0.15, -0.1) is 0 Å². The molecule has 0 bridgehead atoms. The third kappa shape index (κ3) is 6.67. The molecular formula is C27H35F6N3O3Si. The van der Waals surface area contributed by atoms with E-state index in [1.807, 2.05) is 27.7 Å². The van der Waals surface area contributed by atoms with Crippen molar-refractivity contribution in [1.82, 2.24) is 14.9 Å². The zero-order valence-electron chi connectivity index (χ0n) is 23.7. The fourth-order valence-electron chi connectivity index (χ4n) is 5.35. The van der Waals surface area contributed by atoms with Crippen LogP contribution in [0.15, 0.2) is 36.7 Å². The van der Waals surface area contributed by atoms with Crippen LogP contribution >= 0.6 is 0 Å². The number of aromatic nitrogens is 2. The lowest BCUT2D eigenvalue weighted by Crippen LogP contribution is -2.66. The van der Waals surface area contributed by atoms with Crippen molar-refractivity contribution in [3.8, 4) is 0 Å². The molecule has 0 N–H and O–H groups in total. The molecule has 2 rings (SSSR count). The Labute approximate surface area is 231 Å². The molecule has 0 unspecified atom stereocenters. The molecule has 0 aliphatic carbocycles. The summed E-state index contributed by atoms with van der Waals surface area (Å²) in [6.07, 6.45) is -13.2. The SMILES string of the molecule is CC(C)N(C(=O)c1ccc([Si](c2ncccn2)(C(C)C)C(C)C)c(C(=O)OC(C(F)(F)F)C(F)(F)F)c1)C(C)C. The van der Waals surface area contributed by atoms with E-state index >= 15 is 0 Å². The molecule has 0 radical (unpaired) electrons. The molecule has 1 aromatic carbocycles. The molecule has 0 aliphatic rings. The Balaban J connectivity index is 2.93. The lowest BCUT2D eigenvalue weighted by molar-refractivity contribution is -0.307. The maximum Gasteiger partial charge on any atom is 0.434 e. The number of amides is 1. The Morgan fingerprint density at radius 1 is 0.825 bits per heavy atom. The summed E-state index contributed by atoms with van der Waals surface area (Å²) in [7, 11) is -3.29. The zero-order valence-corrected chi connectivity index (χ0v) is 24.7. The summed E-state index contributed by atoms with van der Waals surface area (Å²) < 4.78 is 84.4. The third-order valence-electron chi connectivity index (χ3n) is 6.86. The van der Waals surface area contributed by atoms with Crippen LogP contribution in [-0.4, -0.2) is 65.4 Å². The second-order valence-corrected chi connectivity index (χ2v) is 15.8. The predicted molar refractivity (Wildman–Crippen MR) is 141 cm³/mol. The third-order valence-corrected chi connectivity index (χ3v) is 12.8. The highest BCUT2D eigenvalue weighted by Crippen LogP contribution is 2.37. The number of carbonyl (C=O) groups excluding carboxylic acids is 2. The number of rotatable bonds is 9. The second-order valence-electron chi connectivity index (χ2n) is 10.8. The number of benzene rings is 1. The first-order valence-corrected chi connectivity index (χ1v) is 15.0. The maximum absolute atomic E-state index is 13.4. The molecule has 1 heterocycles. The smallest absolute Gasteiger partial charge is 0.434 e. The summed E-state index contributed by atoms with van der Waals surface area (Å²) >= 11 is 0. The molecule has 0 spiro atoms. The van der Waals surface area contributed by atoms with Gasteiger partial charge in [0.25, 0.3) is 12.0 Å². The quantitative estimate of drug-likeness (QED) is 0.210. The van der Waals surface area contributed by atoms with Crippen molar-refractivity contribution in [1.29, 1.82) is 0 Å². The van der Waals surface area contributed by atoms with Crippen molar-refractivity contribution in [2.75, 3.05) is 0 Å². The monoisotopic (exact) mass is 591 g/mol. The van der Waals surface area contributed by atoms with Gasteiger partial charge in [-0.2, -0.15) is 26.3 Å². The van der Waals surface area contributed by atoms with Crippen LogP contribution in [0.25, 0.3) is 0 Å². The molecule has 1 amide bonds. The number of hydrogen-bond acceptors (Lipinski definition) is 5. The maximum atomic E-state index is 13.4. The molecule has 6 nitrogen and oxygen atoms in total. The van der Waals surface area contributed by atoms with Gasteiger partial charge < -0.3 is 9.64 Å². The minimum absolute atomic E-state index is 0.0712. The number of alkyl halides is 6.